The number of esters is 6. The lowest BCUT2D eigenvalue weighted by molar-refractivity contribution is -0.159. The van der Waals surface area contributed by atoms with Gasteiger partial charge >= 0.3 is 35.8 Å². The molecule has 1 unspecified atom stereocenters. The zero-order valence-electron chi connectivity index (χ0n) is 33.9. The van der Waals surface area contributed by atoms with Crippen LogP contribution in [0.3, 0.4) is 0 Å². The molecule has 0 saturated heterocycles. The summed E-state index contributed by atoms with van der Waals surface area (Å²) in [5.41, 5.74) is 0.131. The second-order valence-electron chi connectivity index (χ2n) is 15.9. The van der Waals surface area contributed by atoms with Crippen LogP contribution in [0.4, 0.5) is 0 Å². The number of ether oxygens (including phenoxy) is 6. The van der Waals surface area contributed by atoms with E-state index >= 15 is 0 Å². The zero-order valence-corrected chi connectivity index (χ0v) is 33.9. The quantitative estimate of drug-likeness (QED) is 0.0300. The summed E-state index contributed by atoms with van der Waals surface area (Å²) in [6.45, 7) is 18.8. The van der Waals surface area contributed by atoms with Gasteiger partial charge in [-0.1, -0.05) is 48.1 Å². The minimum atomic E-state index is -0.401. The average Bonchev–Trinajstić information content (AvgIpc) is 3.07. The summed E-state index contributed by atoms with van der Waals surface area (Å²) < 4.78 is 31.3. The largest absolute Gasteiger partial charge is 0.466 e. The molecule has 1 atom stereocenters. The molecule has 0 rings (SSSR count). The van der Waals surface area contributed by atoms with Gasteiger partial charge in [0.2, 0.25) is 0 Å². The lowest BCUT2D eigenvalue weighted by Gasteiger charge is -2.33. The van der Waals surface area contributed by atoms with E-state index in [9.17, 15) is 28.8 Å². The molecule has 0 saturated carbocycles. The third kappa shape index (κ3) is 30.7. The average molecular weight is 755 g/mol. The van der Waals surface area contributed by atoms with Crippen molar-refractivity contribution in [2.24, 2.45) is 16.7 Å². The third-order valence-corrected chi connectivity index (χ3v) is 8.21. The van der Waals surface area contributed by atoms with Crippen LogP contribution in [0.2, 0.25) is 0 Å². The summed E-state index contributed by atoms with van der Waals surface area (Å²) in [6, 6.07) is 0. The van der Waals surface area contributed by atoms with E-state index in [-0.39, 0.29) is 66.2 Å². The fourth-order valence-corrected chi connectivity index (χ4v) is 5.08. The van der Waals surface area contributed by atoms with Crippen molar-refractivity contribution in [3.05, 3.63) is 12.2 Å². The van der Waals surface area contributed by atoms with Crippen LogP contribution in [0.1, 0.15) is 158 Å². The number of carbonyl (C=O) groups is 6. The van der Waals surface area contributed by atoms with Crippen LogP contribution >= 0.6 is 0 Å². The third-order valence-electron chi connectivity index (χ3n) is 8.21. The molecule has 0 aliphatic heterocycles. The van der Waals surface area contributed by atoms with Crippen molar-refractivity contribution < 1.29 is 57.2 Å². The maximum atomic E-state index is 12.6. The highest BCUT2D eigenvalue weighted by molar-refractivity contribution is 5.86. The van der Waals surface area contributed by atoms with E-state index in [1.807, 2.05) is 20.8 Å². The van der Waals surface area contributed by atoms with E-state index in [1.165, 1.54) is 0 Å². The van der Waals surface area contributed by atoms with E-state index in [0.29, 0.717) is 109 Å². The van der Waals surface area contributed by atoms with Crippen molar-refractivity contribution in [3.63, 3.8) is 0 Å². The van der Waals surface area contributed by atoms with Gasteiger partial charge in [-0.3, -0.25) is 24.0 Å². The molecule has 0 radical (unpaired) electrons. The summed E-state index contributed by atoms with van der Waals surface area (Å²) in [6.07, 6.45) is 10.1. The highest BCUT2D eigenvalue weighted by atomic mass is 16.6. The number of hydrogen-bond acceptors (Lipinski definition) is 12. The van der Waals surface area contributed by atoms with Gasteiger partial charge in [0.05, 0.1) is 32.3 Å². The smallest absolute Gasteiger partial charge is 0.333 e. The Morgan fingerprint density at radius 1 is 0.453 bits per heavy atom. The standard InChI is InChI=1S/C41H70O12/c1-32(2)38(46)52-28-20-12-16-23-36(44)50-26-18-10-14-21-34(42)48-25-17-9-13-22-35(43)49-27-19-11-15-24-37(45)51-29-30-53-39(47)33(41(6,7)8)31-40(3,4)5/h33H,1,9-31H2,2-8H3. The molecule has 0 spiro atoms. The Morgan fingerprint density at radius 2 is 0.774 bits per heavy atom. The highest BCUT2D eigenvalue weighted by Crippen LogP contribution is 2.36. The topological polar surface area (TPSA) is 158 Å². The van der Waals surface area contributed by atoms with Gasteiger partial charge in [-0.2, -0.15) is 0 Å². The van der Waals surface area contributed by atoms with E-state index in [0.717, 1.165) is 25.7 Å². The first kappa shape index (κ1) is 49.6. The number of rotatable bonds is 30. The molecule has 12 nitrogen and oxygen atoms in total. The first-order valence-corrected chi connectivity index (χ1v) is 19.5. The summed E-state index contributed by atoms with van der Waals surface area (Å²) in [7, 11) is 0. The van der Waals surface area contributed by atoms with Crippen LogP contribution in [0.5, 0.6) is 0 Å². The Hall–Kier alpha value is -3.44. The maximum Gasteiger partial charge on any atom is 0.333 e. The molecule has 0 bridgehead atoms. The van der Waals surface area contributed by atoms with Gasteiger partial charge in [-0.15, -0.1) is 0 Å². The van der Waals surface area contributed by atoms with Gasteiger partial charge in [0.25, 0.3) is 0 Å². The molecule has 0 aliphatic carbocycles. The lowest BCUT2D eigenvalue weighted by atomic mass is 9.72. The molecule has 0 heterocycles. The summed E-state index contributed by atoms with van der Waals surface area (Å²) in [5, 5.41) is 0. The first-order valence-electron chi connectivity index (χ1n) is 19.5. The Morgan fingerprint density at radius 3 is 1.09 bits per heavy atom. The second kappa shape index (κ2) is 29.0. The Labute approximate surface area is 318 Å². The second-order valence-corrected chi connectivity index (χ2v) is 15.9. The van der Waals surface area contributed by atoms with E-state index < -0.39 is 5.97 Å². The van der Waals surface area contributed by atoms with Crippen LogP contribution in [0.25, 0.3) is 0 Å². The first-order chi connectivity index (χ1) is 24.9. The zero-order chi connectivity index (χ0) is 40.1. The molecule has 0 fully saturated rings. The lowest BCUT2D eigenvalue weighted by Crippen LogP contribution is -2.34. The molecule has 0 amide bonds. The number of unbranched alkanes of at least 4 members (excludes halogenated alkanes) is 8. The molecular formula is C41H70O12. The predicted molar refractivity (Wildman–Crippen MR) is 201 cm³/mol. The van der Waals surface area contributed by atoms with E-state index in [2.05, 4.69) is 27.4 Å². The molecule has 12 heteroatoms. The van der Waals surface area contributed by atoms with Crippen molar-refractivity contribution in [3.8, 4) is 0 Å². The summed E-state index contributed by atoms with van der Waals surface area (Å²) >= 11 is 0. The molecule has 0 N–H and O–H groups in total. The van der Waals surface area contributed by atoms with Crippen LogP contribution in [-0.4, -0.2) is 75.5 Å². The Bertz CT molecular complexity index is 1100. The van der Waals surface area contributed by atoms with Crippen molar-refractivity contribution in [1.82, 2.24) is 0 Å². The SMILES string of the molecule is C=C(C)C(=O)OCCCCCC(=O)OCCCCCC(=O)OCCCCCC(=O)OCCCCCC(=O)OCCOC(=O)C(CC(C)(C)C)C(C)(C)C. The Balaban J connectivity index is 3.65. The molecule has 0 aromatic heterocycles. The minimum Gasteiger partial charge on any atom is -0.466 e. The Kier molecular flexibility index (Phi) is 27.1. The van der Waals surface area contributed by atoms with Gasteiger partial charge < -0.3 is 28.4 Å². The fourth-order valence-electron chi connectivity index (χ4n) is 5.08. The van der Waals surface area contributed by atoms with Crippen molar-refractivity contribution in [2.45, 2.75) is 158 Å². The van der Waals surface area contributed by atoms with Crippen LogP contribution in [0, 0.1) is 16.7 Å². The molecule has 0 aromatic rings. The molecular weight excluding hydrogens is 684 g/mol. The number of carbonyl (C=O) groups excluding carboxylic acids is 6. The van der Waals surface area contributed by atoms with E-state index in [4.69, 9.17) is 28.4 Å². The summed E-state index contributed by atoms with van der Waals surface area (Å²) in [4.78, 5) is 71.6. The van der Waals surface area contributed by atoms with Crippen molar-refractivity contribution in [2.75, 3.05) is 39.6 Å². The van der Waals surface area contributed by atoms with Crippen LogP contribution in [-0.2, 0) is 57.2 Å². The van der Waals surface area contributed by atoms with Crippen LogP contribution in [0.15, 0.2) is 12.2 Å². The predicted octanol–water partition coefficient (Wildman–Crippen LogP) is 8.16. The molecule has 306 valence electrons. The molecule has 0 aromatic carbocycles. The van der Waals surface area contributed by atoms with E-state index in [1.54, 1.807) is 6.92 Å². The normalized spacial score (nSPS) is 12.0. The van der Waals surface area contributed by atoms with Gasteiger partial charge in [-0.05, 0) is 101 Å². The molecule has 53 heavy (non-hydrogen) atoms. The van der Waals surface area contributed by atoms with Gasteiger partial charge in [0.1, 0.15) is 13.2 Å². The van der Waals surface area contributed by atoms with Crippen molar-refractivity contribution >= 4 is 35.8 Å². The van der Waals surface area contributed by atoms with Gasteiger partial charge in [0, 0.05) is 31.3 Å². The minimum absolute atomic E-state index is 0.00976. The maximum absolute atomic E-state index is 12.6. The van der Waals surface area contributed by atoms with Gasteiger partial charge in [0.15, 0.2) is 0 Å². The monoisotopic (exact) mass is 754 g/mol. The van der Waals surface area contributed by atoms with Gasteiger partial charge in [-0.25, -0.2) is 4.79 Å². The fraction of sp³-hybridized carbons (Fsp3) is 0.805. The number of hydrogen-bond donors (Lipinski definition) is 0. The van der Waals surface area contributed by atoms with Crippen LogP contribution < -0.4 is 0 Å². The highest BCUT2D eigenvalue weighted by Gasteiger charge is 2.35. The summed E-state index contributed by atoms with van der Waals surface area (Å²) in [5.74, 6) is -2.03. The molecule has 0 aliphatic rings. The van der Waals surface area contributed by atoms with Crippen molar-refractivity contribution in [1.29, 1.82) is 0 Å².